The molecule has 2 aromatic rings. The highest BCUT2D eigenvalue weighted by atomic mass is 19.1. The van der Waals surface area contributed by atoms with Crippen LogP contribution in [-0.4, -0.2) is 9.97 Å². The molecule has 1 heterocycles. The molecule has 0 spiro atoms. The summed E-state index contributed by atoms with van der Waals surface area (Å²) in [5, 5.41) is 0.529. The third kappa shape index (κ3) is 1.35. The second-order valence-electron chi connectivity index (χ2n) is 3.50. The number of aryl methyl sites for hydroxylation is 3. The molecule has 0 bridgehead atoms. The lowest BCUT2D eigenvalue weighted by molar-refractivity contribution is 0.637. The van der Waals surface area contributed by atoms with Gasteiger partial charge in [-0.05, 0) is 38.5 Å². The Morgan fingerprint density at radius 2 is 1.79 bits per heavy atom. The van der Waals surface area contributed by atoms with Gasteiger partial charge in [0.1, 0.15) is 11.6 Å². The lowest BCUT2D eigenvalue weighted by atomic mass is 10.1. The summed E-state index contributed by atoms with van der Waals surface area (Å²) in [4.78, 5) is 8.35. The third-order valence-electron chi connectivity index (χ3n) is 2.19. The Hall–Kier alpha value is -1.51. The molecule has 2 rings (SSSR count). The third-order valence-corrected chi connectivity index (χ3v) is 2.19. The van der Waals surface area contributed by atoms with E-state index in [0.29, 0.717) is 22.4 Å². The van der Waals surface area contributed by atoms with Crippen LogP contribution in [0.3, 0.4) is 0 Å². The molecular formula is C11H11FN2. The zero-order chi connectivity index (χ0) is 10.3. The van der Waals surface area contributed by atoms with E-state index in [9.17, 15) is 4.39 Å². The van der Waals surface area contributed by atoms with E-state index in [-0.39, 0.29) is 5.82 Å². The van der Waals surface area contributed by atoms with E-state index >= 15 is 0 Å². The quantitative estimate of drug-likeness (QED) is 0.638. The Kier molecular flexibility index (Phi) is 1.95. The number of rotatable bonds is 0. The lowest BCUT2D eigenvalue weighted by Crippen LogP contribution is -1.96. The Morgan fingerprint density at radius 1 is 1.07 bits per heavy atom. The van der Waals surface area contributed by atoms with Gasteiger partial charge in [0.05, 0.1) is 16.6 Å². The van der Waals surface area contributed by atoms with Gasteiger partial charge in [-0.3, -0.25) is 0 Å². The summed E-state index contributed by atoms with van der Waals surface area (Å²) in [5.74, 6) is 0.442. The van der Waals surface area contributed by atoms with Crippen molar-refractivity contribution >= 4 is 10.9 Å². The van der Waals surface area contributed by atoms with E-state index < -0.39 is 0 Å². The van der Waals surface area contributed by atoms with Gasteiger partial charge in [-0.25, -0.2) is 14.4 Å². The number of hydrogen-bond acceptors (Lipinski definition) is 2. The first kappa shape index (κ1) is 9.06. The van der Waals surface area contributed by atoms with Crippen molar-refractivity contribution in [3.63, 3.8) is 0 Å². The van der Waals surface area contributed by atoms with Gasteiger partial charge in [0.15, 0.2) is 0 Å². The fourth-order valence-electron chi connectivity index (χ4n) is 1.67. The molecular weight excluding hydrogens is 179 g/mol. The summed E-state index contributed by atoms with van der Waals surface area (Å²) in [5.41, 5.74) is 2.27. The molecule has 0 radical (unpaired) electrons. The van der Waals surface area contributed by atoms with Gasteiger partial charge in [-0.2, -0.15) is 0 Å². The molecule has 0 aliphatic heterocycles. The minimum atomic E-state index is -0.238. The molecule has 0 amide bonds. The first-order valence-corrected chi connectivity index (χ1v) is 4.49. The molecule has 0 fully saturated rings. The average molecular weight is 190 g/mol. The van der Waals surface area contributed by atoms with Crippen LogP contribution < -0.4 is 0 Å². The predicted molar refractivity (Wildman–Crippen MR) is 53.7 cm³/mol. The fourth-order valence-corrected chi connectivity index (χ4v) is 1.67. The minimum absolute atomic E-state index is 0.238. The van der Waals surface area contributed by atoms with E-state index in [0.717, 1.165) is 5.56 Å². The largest absolute Gasteiger partial charge is 0.238 e. The van der Waals surface area contributed by atoms with Crippen molar-refractivity contribution in [3.05, 3.63) is 35.0 Å². The first-order valence-electron chi connectivity index (χ1n) is 4.49. The normalized spacial score (nSPS) is 10.9. The molecule has 72 valence electrons. The maximum Gasteiger partial charge on any atom is 0.134 e. The number of fused-ring (bicyclic) bond motifs is 1. The predicted octanol–water partition coefficient (Wildman–Crippen LogP) is 2.69. The molecule has 3 heteroatoms. The van der Waals surface area contributed by atoms with Crippen LogP contribution in [0.4, 0.5) is 4.39 Å². The molecule has 1 aromatic heterocycles. The Balaban J connectivity index is 2.94. The summed E-state index contributed by atoms with van der Waals surface area (Å²) in [6.07, 6.45) is 0. The van der Waals surface area contributed by atoms with Crippen molar-refractivity contribution in [2.24, 2.45) is 0 Å². The first-order chi connectivity index (χ1) is 6.58. The summed E-state index contributed by atoms with van der Waals surface area (Å²) < 4.78 is 13.6. The van der Waals surface area contributed by atoms with Crippen molar-refractivity contribution in [2.45, 2.75) is 20.8 Å². The SMILES string of the molecule is Cc1cc(F)c2c(C)nc(C)nc2c1. The maximum absolute atomic E-state index is 13.6. The minimum Gasteiger partial charge on any atom is -0.238 e. The van der Waals surface area contributed by atoms with E-state index in [2.05, 4.69) is 9.97 Å². The molecule has 0 aliphatic carbocycles. The molecule has 0 unspecified atom stereocenters. The molecule has 2 nitrogen and oxygen atoms in total. The van der Waals surface area contributed by atoms with Crippen LogP contribution in [0.25, 0.3) is 10.9 Å². The van der Waals surface area contributed by atoms with Gasteiger partial charge in [-0.1, -0.05) is 0 Å². The summed E-state index contributed by atoms with van der Waals surface area (Å²) >= 11 is 0. The fraction of sp³-hybridized carbons (Fsp3) is 0.273. The smallest absolute Gasteiger partial charge is 0.134 e. The van der Waals surface area contributed by atoms with Crippen molar-refractivity contribution in [1.29, 1.82) is 0 Å². The molecule has 0 aliphatic rings. The second kappa shape index (κ2) is 3.01. The zero-order valence-corrected chi connectivity index (χ0v) is 8.43. The highest BCUT2D eigenvalue weighted by Gasteiger charge is 2.07. The van der Waals surface area contributed by atoms with Crippen molar-refractivity contribution in [2.75, 3.05) is 0 Å². The number of aromatic nitrogens is 2. The van der Waals surface area contributed by atoms with Crippen LogP contribution in [0.2, 0.25) is 0 Å². The van der Waals surface area contributed by atoms with Crippen LogP contribution in [0.1, 0.15) is 17.1 Å². The standard InChI is InChI=1S/C11H11FN2/c1-6-4-9(12)11-7(2)13-8(3)14-10(11)5-6/h4-5H,1-3H3. The Labute approximate surface area is 81.8 Å². The van der Waals surface area contributed by atoms with Crippen molar-refractivity contribution in [1.82, 2.24) is 9.97 Å². The van der Waals surface area contributed by atoms with E-state index in [1.165, 1.54) is 6.07 Å². The van der Waals surface area contributed by atoms with Gasteiger partial charge in [0.2, 0.25) is 0 Å². The summed E-state index contributed by atoms with van der Waals surface area (Å²) in [6, 6.07) is 3.38. The van der Waals surface area contributed by atoms with Crippen LogP contribution in [0, 0.1) is 26.6 Å². The highest BCUT2D eigenvalue weighted by Crippen LogP contribution is 2.20. The maximum atomic E-state index is 13.6. The van der Waals surface area contributed by atoms with Crippen molar-refractivity contribution in [3.8, 4) is 0 Å². The lowest BCUT2D eigenvalue weighted by Gasteiger charge is -2.04. The second-order valence-corrected chi connectivity index (χ2v) is 3.50. The van der Waals surface area contributed by atoms with E-state index in [1.54, 1.807) is 6.92 Å². The van der Waals surface area contributed by atoms with E-state index in [4.69, 9.17) is 0 Å². The molecule has 0 atom stereocenters. The number of nitrogens with zero attached hydrogens (tertiary/aromatic N) is 2. The Bertz CT molecular complexity index is 463. The molecule has 0 N–H and O–H groups in total. The topological polar surface area (TPSA) is 25.8 Å². The molecule has 0 saturated carbocycles. The molecule has 0 saturated heterocycles. The average Bonchev–Trinajstić information content (AvgIpc) is 1.99. The van der Waals surface area contributed by atoms with Gasteiger partial charge in [0.25, 0.3) is 0 Å². The zero-order valence-electron chi connectivity index (χ0n) is 8.43. The summed E-state index contributed by atoms with van der Waals surface area (Å²) in [7, 11) is 0. The van der Waals surface area contributed by atoms with E-state index in [1.807, 2.05) is 19.9 Å². The van der Waals surface area contributed by atoms with Crippen molar-refractivity contribution < 1.29 is 4.39 Å². The molecule has 1 aromatic carbocycles. The van der Waals surface area contributed by atoms with Gasteiger partial charge >= 0.3 is 0 Å². The number of benzene rings is 1. The highest BCUT2D eigenvalue weighted by molar-refractivity contribution is 5.82. The monoisotopic (exact) mass is 190 g/mol. The van der Waals surface area contributed by atoms with Crippen LogP contribution in [0.15, 0.2) is 12.1 Å². The number of halogens is 1. The van der Waals surface area contributed by atoms with Crippen LogP contribution in [0.5, 0.6) is 0 Å². The summed E-state index contributed by atoms with van der Waals surface area (Å²) in [6.45, 7) is 5.47. The van der Waals surface area contributed by atoms with Crippen LogP contribution >= 0.6 is 0 Å². The van der Waals surface area contributed by atoms with Crippen LogP contribution in [-0.2, 0) is 0 Å². The number of hydrogen-bond donors (Lipinski definition) is 0. The van der Waals surface area contributed by atoms with Gasteiger partial charge in [-0.15, -0.1) is 0 Å². The molecule has 14 heavy (non-hydrogen) atoms. The Morgan fingerprint density at radius 3 is 2.50 bits per heavy atom. The van der Waals surface area contributed by atoms with Gasteiger partial charge in [0, 0.05) is 0 Å². The van der Waals surface area contributed by atoms with Gasteiger partial charge < -0.3 is 0 Å².